The van der Waals surface area contributed by atoms with Gasteiger partial charge in [-0.2, -0.15) is 0 Å². The van der Waals surface area contributed by atoms with Crippen molar-refractivity contribution in [2.24, 2.45) is 0 Å². The minimum absolute atomic E-state index is 0.128. The first-order valence-corrected chi connectivity index (χ1v) is 7.99. The number of esters is 2. The highest BCUT2D eigenvalue weighted by atomic mass is 16.5. The molecule has 0 fully saturated rings. The number of aromatic hydroxyl groups is 1. The van der Waals surface area contributed by atoms with Gasteiger partial charge in [0.15, 0.2) is 11.5 Å². The molecule has 7 nitrogen and oxygen atoms in total. The van der Waals surface area contributed by atoms with Gasteiger partial charge in [0.1, 0.15) is 5.57 Å². The maximum atomic E-state index is 11.8. The lowest BCUT2D eigenvalue weighted by Gasteiger charge is -2.13. The van der Waals surface area contributed by atoms with Gasteiger partial charge in [-0.15, -0.1) is 0 Å². The third kappa shape index (κ3) is 5.70. The number of benzene rings is 1. The maximum absolute atomic E-state index is 11.8. The number of carbonyl (C=O) groups is 2. The van der Waals surface area contributed by atoms with E-state index in [0.29, 0.717) is 18.8 Å². The van der Waals surface area contributed by atoms with Gasteiger partial charge >= 0.3 is 11.9 Å². The molecule has 0 saturated carbocycles. The highest BCUT2D eigenvalue weighted by Gasteiger charge is 2.21. The molecular weight excluding hydrogens is 328 g/mol. The van der Waals surface area contributed by atoms with Crippen LogP contribution in [0.3, 0.4) is 0 Å². The molecule has 0 heterocycles. The molecule has 0 radical (unpaired) electrons. The minimum Gasteiger partial charge on any atom is -0.502 e. The third-order valence-electron chi connectivity index (χ3n) is 3.11. The van der Waals surface area contributed by atoms with E-state index in [1.165, 1.54) is 32.4 Å². The first-order chi connectivity index (χ1) is 12.0. The molecule has 0 atom stereocenters. The lowest BCUT2D eigenvalue weighted by atomic mass is 10.1. The Kier molecular flexibility index (Phi) is 8.32. The molecule has 0 saturated heterocycles. The van der Waals surface area contributed by atoms with Crippen LogP contribution < -0.4 is 9.47 Å². The van der Waals surface area contributed by atoms with Crippen molar-refractivity contribution >= 4 is 18.0 Å². The molecule has 1 rings (SSSR count). The minimum atomic E-state index is -0.827. The molecule has 0 amide bonds. The Hall–Kier alpha value is -2.70. The number of ether oxygens (including phenoxy) is 4. The molecule has 1 aromatic carbocycles. The van der Waals surface area contributed by atoms with Crippen molar-refractivity contribution in [3.8, 4) is 17.2 Å². The van der Waals surface area contributed by atoms with Gasteiger partial charge < -0.3 is 24.1 Å². The summed E-state index contributed by atoms with van der Waals surface area (Å²) < 4.78 is 20.2. The van der Waals surface area contributed by atoms with E-state index >= 15 is 0 Å². The van der Waals surface area contributed by atoms with Crippen LogP contribution in [-0.4, -0.2) is 44.5 Å². The maximum Gasteiger partial charge on any atom is 0.345 e. The Bertz CT molecular complexity index is 587. The van der Waals surface area contributed by atoms with Crippen LogP contribution in [0, 0.1) is 0 Å². The normalized spacial score (nSPS) is 9.92. The zero-order valence-corrected chi connectivity index (χ0v) is 15.0. The number of carbonyl (C=O) groups excluding carboxylic acids is 2. The van der Waals surface area contributed by atoms with Crippen molar-refractivity contribution in [3.63, 3.8) is 0 Å². The number of rotatable bonds is 9. The van der Waals surface area contributed by atoms with Crippen molar-refractivity contribution in [1.29, 1.82) is 0 Å². The van der Waals surface area contributed by atoms with E-state index in [0.717, 1.165) is 12.8 Å². The Labute approximate surface area is 147 Å². The van der Waals surface area contributed by atoms with Gasteiger partial charge in [0.2, 0.25) is 5.75 Å². The van der Waals surface area contributed by atoms with Gasteiger partial charge in [0.05, 0.1) is 27.4 Å². The van der Waals surface area contributed by atoms with Gasteiger partial charge in [-0.3, -0.25) is 0 Å². The molecule has 0 spiro atoms. The van der Waals surface area contributed by atoms with Gasteiger partial charge in [0.25, 0.3) is 0 Å². The molecule has 0 aliphatic carbocycles. The third-order valence-corrected chi connectivity index (χ3v) is 3.11. The van der Waals surface area contributed by atoms with Crippen LogP contribution in [0.15, 0.2) is 17.7 Å². The summed E-state index contributed by atoms with van der Waals surface area (Å²) in [6.45, 7) is 4.66. The van der Waals surface area contributed by atoms with E-state index < -0.39 is 11.9 Å². The van der Waals surface area contributed by atoms with Crippen LogP contribution in [0.5, 0.6) is 17.2 Å². The molecule has 0 aliphatic heterocycles. The molecular formula is C18H24O7. The van der Waals surface area contributed by atoms with Crippen molar-refractivity contribution in [2.75, 3.05) is 27.4 Å². The first-order valence-electron chi connectivity index (χ1n) is 7.99. The molecule has 138 valence electrons. The van der Waals surface area contributed by atoms with Crippen molar-refractivity contribution in [3.05, 3.63) is 23.3 Å². The van der Waals surface area contributed by atoms with Crippen LogP contribution >= 0.6 is 0 Å². The largest absolute Gasteiger partial charge is 0.502 e. The van der Waals surface area contributed by atoms with Gasteiger partial charge in [0, 0.05) is 0 Å². The topological polar surface area (TPSA) is 91.3 Å². The van der Waals surface area contributed by atoms with Crippen molar-refractivity contribution < 1.29 is 33.6 Å². The highest BCUT2D eigenvalue weighted by molar-refractivity contribution is 6.17. The summed E-state index contributed by atoms with van der Waals surface area (Å²) in [5.41, 5.74) is 0.152. The second-order valence-corrected chi connectivity index (χ2v) is 5.10. The summed E-state index contributed by atoms with van der Waals surface area (Å²) in [7, 11) is 2.34. The molecule has 0 unspecified atom stereocenters. The van der Waals surface area contributed by atoms with Crippen LogP contribution in [0.1, 0.15) is 32.3 Å². The summed E-state index contributed by atoms with van der Waals surface area (Å²) in [4.78, 5) is 23.6. The SMILES string of the molecule is CCCOc1cc(C=C(C(=O)OC)C(=O)OC)cc(OCCC)c1O. The average Bonchev–Trinajstić information content (AvgIpc) is 2.63. The van der Waals surface area contributed by atoms with E-state index in [1.807, 2.05) is 13.8 Å². The summed E-state index contributed by atoms with van der Waals surface area (Å²) in [6, 6.07) is 3.02. The Morgan fingerprint density at radius 2 is 1.40 bits per heavy atom. The fraction of sp³-hybridized carbons (Fsp3) is 0.444. The predicted molar refractivity (Wildman–Crippen MR) is 91.7 cm³/mol. The van der Waals surface area contributed by atoms with E-state index in [2.05, 4.69) is 9.47 Å². The van der Waals surface area contributed by atoms with Gasteiger partial charge in [-0.1, -0.05) is 13.8 Å². The van der Waals surface area contributed by atoms with Crippen molar-refractivity contribution in [2.45, 2.75) is 26.7 Å². The zero-order chi connectivity index (χ0) is 18.8. The van der Waals surface area contributed by atoms with Crippen LogP contribution in [-0.2, 0) is 19.1 Å². The number of hydrogen-bond acceptors (Lipinski definition) is 7. The molecule has 0 aromatic heterocycles. The van der Waals surface area contributed by atoms with E-state index in [-0.39, 0.29) is 22.8 Å². The van der Waals surface area contributed by atoms with Crippen molar-refractivity contribution in [1.82, 2.24) is 0 Å². The Morgan fingerprint density at radius 3 is 1.76 bits per heavy atom. The van der Waals surface area contributed by atoms with E-state index in [1.54, 1.807) is 0 Å². The average molecular weight is 352 g/mol. The number of phenolic OH excluding ortho intramolecular Hbond substituents is 1. The van der Waals surface area contributed by atoms with Crippen LogP contribution in [0.25, 0.3) is 6.08 Å². The number of methoxy groups -OCH3 is 2. The number of phenols is 1. The zero-order valence-electron chi connectivity index (χ0n) is 15.0. The molecule has 0 aliphatic rings. The predicted octanol–water partition coefficient (Wildman–Crippen LogP) is 2.70. The Morgan fingerprint density at radius 1 is 0.960 bits per heavy atom. The molecule has 0 bridgehead atoms. The Balaban J connectivity index is 3.37. The summed E-state index contributed by atoms with van der Waals surface area (Å²) in [5, 5.41) is 10.3. The highest BCUT2D eigenvalue weighted by Crippen LogP contribution is 2.38. The van der Waals surface area contributed by atoms with Crippen LogP contribution in [0.2, 0.25) is 0 Å². The second-order valence-electron chi connectivity index (χ2n) is 5.10. The standard InChI is InChI=1S/C18H24O7/c1-5-7-24-14-10-12(11-15(16(14)19)25-8-6-2)9-13(17(20)22-3)18(21)23-4/h9-11,19H,5-8H2,1-4H3. The lowest BCUT2D eigenvalue weighted by Crippen LogP contribution is -2.15. The van der Waals surface area contributed by atoms with E-state index in [4.69, 9.17) is 9.47 Å². The monoisotopic (exact) mass is 352 g/mol. The summed E-state index contributed by atoms with van der Waals surface area (Å²) in [5.74, 6) is -1.37. The van der Waals surface area contributed by atoms with E-state index in [9.17, 15) is 14.7 Å². The second kappa shape index (κ2) is 10.2. The summed E-state index contributed by atoms with van der Waals surface area (Å²) in [6.07, 6.45) is 2.80. The number of hydrogen-bond donors (Lipinski definition) is 1. The fourth-order valence-electron chi connectivity index (χ4n) is 1.92. The lowest BCUT2D eigenvalue weighted by molar-refractivity contribution is -0.143. The molecule has 1 aromatic rings. The van der Waals surface area contributed by atoms with Gasteiger partial charge in [-0.25, -0.2) is 9.59 Å². The quantitative estimate of drug-likeness (QED) is 0.316. The molecule has 7 heteroatoms. The smallest absolute Gasteiger partial charge is 0.345 e. The fourth-order valence-corrected chi connectivity index (χ4v) is 1.92. The molecule has 1 N–H and O–H groups in total. The first kappa shape index (κ1) is 20.3. The molecule has 25 heavy (non-hydrogen) atoms. The van der Waals surface area contributed by atoms with Gasteiger partial charge in [-0.05, 0) is 36.6 Å². The summed E-state index contributed by atoms with van der Waals surface area (Å²) >= 11 is 0. The van der Waals surface area contributed by atoms with Crippen LogP contribution in [0.4, 0.5) is 0 Å².